The normalized spacial score (nSPS) is 18.9. The molecule has 2 rings (SSSR count). The number of urea groups is 1. The minimum Gasteiger partial charge on any atom is -0.335 e. The van der Waals surface area contributed by atoms with E-state index in [1.807, 2.05) is 31.2 Å². The molecule has 1 aromatic rings. The molecule has 0 radical (unpaired) electrons. The van der Waals surface area contributed by atoms with Crippen molar-refractivity contribution in [3.8, 4) is 0 Å². The number of nitrogens with one attached hydrogen (secondary N) is 2. The lowest BCUT2D eigenvalue weighted by molar-refractivity contribution is 0.206. The van der Waals surface area contributed by atoms with Gasteiger partial charge in [-0.3, -0.25) is 4.21 Å². The Morgan fingerprint density at radius 1 is 1.32 bits per heavy atom. The van der Waals surface area contributed by atoms with Gasteiger partial charge in [0, 0.05) is 33.9 Å². The molecule has 1 aliphatic carbocycles. The number of amides is 2. The summed E-state index contributed by atoms with van der Waals surface area (Å²) in [5.74, 6) is 0.935. The Hall–Kier alpha value is -1.07. The Kier molecular flexibility index (Phi) is 6.26. The van der Waals surface area contributed by atoms with Gasteiger partial charge in [-0.05, 0) is 43.4 Å². The first-order chi connectivity index (χ1) is 10.5. The zero-order valence-corrected chi connectivity index (χ0v) is 14.5. The maximum Gasteiger partial charge on any atom is 0.315 e. The molecule has 122 valence electrons. The lowest BCUT2D eigenvalue weighted by Crippen LogP contribution is -2.46. The van der Waals surface area contributed by atoms with Gasteiger partial charge in [-0.2, -0.15) is 0 Å². The summed E-state index contributed by atoms with van der Waals surface area (Å²) in [5, 5.41) is 6.62. The van der Waals surface area contributed by atoms with Gasteiger partial charge >= 0.3 is 6.03 Å². The van der Waals surface area contributed by atoms with Gasteiger partial charge in [0.2, 0.25) is 0 Å². The molecule has 22 heavy (non-hydrogen) atoms. The number of rotatable bonds is 6. The van der Waals surface area contributed by atoms with Crippen molar-refractivity contribution in [1.82, 2.24) is 10.6 Å². The van der Waals surface area contributed by atoms with Crippen molar-refractivity contribution in [3.63, 3.8) is 0 Å². The van der Waals surface area contributed by atoms with Crippen LogP contribution in [0.5, 0.6) is 0 Å². The molecule has 3 atom stereocenters. The fraction of sp³-hybridized carbons (Fsp3) is 0.562. The van der Waals surface area contributed by atoms with E-state index in [1.165, 1.54) is 6.42 Å². The first-order valence-corrected chi connectivity index (χ1v) is 9.68. The largest absolute Gasteiger partial charge is 0.335 e. The second-order valence-electron chi connectivity index (χ2n) is 5.98. The number of carbonyl (C=O) groups is 1. The number of hydrogen-bond acceptors (Lipinski definition) is 2. The Morgan fingerprint density at radius 2 is 1.95 bits per heavy atom. The molecule has 0 aromatic heterocycles. The quantitative estimate of drug-likeness (QED) is 0.833. The van der Waals surface area contributed by atoms with Crippen LogP contribution in [0, 0.1) is 5.92 Å². The van der Waals surface area contributed by atoms with Gasteiger partial charge in [-0.15, -0.1) is 0 Å². The fourth-order valence-corrected chi connectivity index (χ4v) is 3.63. The van der Waals surface area contributed by atoms with Crippen LogP contribution in [0.3, 0.4) is 0 Å². The topological polar surface area (TPSA) is 58.2 Å². The second kappa shape index (κ2) is 7.97. The highest BCUT2D eigenvalue weighted by atomic mass is 35.5. The summed E-state index contributed by atoms with van der Waals surface area (Å²) >= 11 is 5.94. The molecule has 4 nitrogen and oxygen atoms in total. The summed E-state index contributed by atoms with van der Waals surface area (Å²) < 4.78 is 11.2. The van der Waals surface area contributed by atoms with Crippen LogP contribution in [-0.2, 0) is 10.8 Å². The van der Waals surface area contributed by atoms with Gasteiger partial charge in [0.1, 0.15) is 0 Å². The Labute approximate surface area is 139 Å². The molecule has 0 saturated heterocycles. The third-order valence-corrected chi connectivity index (χ3v) is 5.22. The maximum atomic E-state index is 12.2. The Morgan fingerprint density at radius 3 is 2.45 bits per heavy atom. The zero-order valence-electron chi connectivity index (χ0n) is 13.0. The van der Waals surface area contributed by atoms with Gasteiger partial charge in [0.25, 0.3) is 0 Å². The molecule has 0 spiro atoms. The minimum absolute atomic E-state index is 0.00495. The minimum atomic E-state index is -0.920. The van der Waals surface area contributed by atoms with Gasteiger partial charge in [-0.1, -0.05) is 30.2 Å². The van der Waals surface area contributed by atoms with Crippen molar-refractivity contribution in [1.29, 1.82) is 0 Å². The average Bonchev–Trinajstić information content (AvgIpc) is 2.35. The van der Waals surface area contributed by atoms with E-state index in [0.717, 1.165) is 18.4 Å². The molecular weight excluding hydrogens is 320 g/mol. The number of benzene rings is 1. The molecule has 2 N–H and O–H groups in total. The lowest BCUT2D eigenvalue weighted by Gasteiger charge is -2.35. The zero-order chi connectivity index (χ0) is 16.1. The molecule has 0 unspecified atom stereocenters. The molecule has 1 saturated carbocycles. The lowest BCUT2D eigenvalue weighted by atomic mass is 9.77. The third-order valence-electron chi connectivity index (χ3n) is 4.00. The SMILES string of the molecule is C[C@H](C[S@@](C)=O)NC(=O)N[C@@H](c1ccc(Cl)cc1)C1CCC1. The van der Waals surface area contributed by atoms with Crippen LogP contribution in [0.1, 0.15) is 37.8 Å². The Balaban J connectivity index is 1.99. The molecule has 1 aromatic carbocycles. The van der Waals surface area contributed by atoms with Crippen molar-refractivity contribution in [2.75, 3.05) is 12.0 Å². The summed E-state index contributed by atoms with van der Waals surface area (Å²) in [6.45, 7) is 1.86. The van der Waals surface area contributed by atoms with Crippen LogP contribution < -0.4 is 10.6 Å². The number of halogens is 1. The van der Waals surface area contributed by atoms with Crippen LogP contribution in [-0.4, -0.2) is 28.3 Å². The first-order valence-electron chi connectivity index (χ1n) is 7.58. The molecule has 1 fully saturated rings. The standard InChI is InChI=1S/C16H23ClN2O2S/c1-11(10-22(2)21)18-16(20)19-15(12-4-3-5-12)13-6-8-14(17)9-7-13/h6-9,11-12,15H,3-5,10H2,1-2H3,(H2,18,19,20)/t11-,15-,22-/m1/s1. The highest BCUT2D eigenvalue weighted by Crippen LogP contribution is 2.37. The van der Waals surface area contributed by atoms with E-state index in [0.29, 0.717) is 16.7 Å². The summed E-state index contributed by atoms with van der Waals surface area (Å²) in [4.78, 5) is 12.2. The number of carbonyl (C=O) groups excluding carboxylic acids is 1. The predicted molar refractivity (Wildman–Crippen MR) is 91.6 cm³/mol. The fourth-order valence-electron chi connectivity index (χ4n) is 2.72. The molecule has 0 heterocycles. The molecule has 6 heteroatoms. The summed E-state index contributed by atoms with van der Waals surface area (Å²) in [6, 6.07) is 7.33. The van der Waals surface area contributed by atoms with Crippen LogP contribution in [0.25, 0.3) is 0 Å². The first kappa shape index (κ1) is 17.3. The molecule has 2 amide bonds. The Bertz CT molecular complexity index is 531. The number of hydrogen-bond donors (Lipinski definition) is 2. The van der Waals surface area contributed by atoms with Crippen LogP contribution >= 0.6 is 11.6 Å². The highest BCUT2D eigenvalue weighted by molar-refractivity contribution is 7.84. The van der Waals surface area contributed by atoms with E-state index in [4.69, 9.17) is 11.6 Å². The van der Waals surface area contributed by atoms with E-state index in [1.54, 1.807) is 6.26 Å². The van der Waals surface area contributed by atoms with E-state index in [9.17, 15) is 9.00 Å². The van der Waals surface area contributed by atoms with Gasteiger partial charge in [0.15, 0.2) is 0 Å². The van der Waals surface area contributed by atoms with Crippen molar-refractivity contribution in [2.24, 2.45) is 5.92 Å². The van der Waals surface area contributed by atoms with Crippen molar-refractivity contribution in [3.05, 3.63) is 34.9 Å². The predicted octanol–water partition coefficient (Wildman–Crippen LogP) is 3.25. The van der Waals surface area contributed by atoms with Gasteiger partial charge < -0.3 is 10.6 Å². The smallest absolute Gasteiger partial charge is 0.315 e. The molecular formula is C16H23ClN2O2S. The van der Waals surface area contributed by atoms with Crippen LogP contribution in [0.4, 0.5) is 4.79 Å². The summed E-state index contributed by atoms with van der Waals surface area (Å²) in [6.07, 6.45) is 5.11. The highest BCUT2D eigenvalue weighted by Gasteiger charge is 2.30. The van der Waals surface area contributed by atoms with Crippen molar-refractivity contribution < 1.29 is 9.00 Å². The average molecular weight is 343 g/mol. The maximum absolute atomic E-state index is 12.2. The van der Waals surface area contributed by atoms with E-state index in [-0.39, 0.29) is 18.1 Å². The molecule has 1 aliphatic rings. The molecule has 0 bridgehead atoms. The monoisotopic (exact) mass is 342 g/mol. The third kappa shape index (κ3) is 4.99. The van der Waals surface area contributed by atoms with Gasteiger partial charge in [0.05, 0.1) is 6.04 Å². The van der Waals surface area contributed by atoms with E-state index in [2.05, 4.69) is 10.6 Å². The molecule has 0 aliphatic heterocycles. The van der Waals surface area contributed by atoms with E-state index < -0.39 is 10.8 Å². The summed E-state index contributed by atoms with van der Waals surface area (Å²) in [5.41, 5.74) is 1.08. The van der Waals surface area contributed by atoms with Crippen LogP contribution in [0.15, 0.2) is 24.3 Å². The van der Waals surface area contributed by atoms with Gasteiger partial charge in [-0.25, -0.2) is 4.79 Å². The van der Waals surface area contributed by atoms with Crippen molar-refractivity contribution in [2.45, 2.75) is 38.3 Å². The van der Waals surface area contributed by atoms with E-state index >= 15 is 0 Å². The van der Waals surface area contributed by atoms with Crippen LogP contribution in [0.2, 0.25) is 5.02 Å². The second-order valence-corrected chi connectivity index (χ2v) is 7.90. The van der Waals surface area contributed by atoms with Crippen molar-refractivity contribution >= 4 is 28.4 Å². The summed E-state index contributed by atoms with van der Waals surface area (Å²) in [7, 11) is -0.920.